The van der Waals surface area contributed by atoms with Gasteiger partial charge in [0.1, 0.15) is 11.1 Å². The summed E-state index contributed by atoms with van der Waals surface area (Å²) in [6.07, 6.45) is 0.496. The Morgan fingerprint density at radius 1 is 1.20 bits per heavy atom. The molecule has 1 amide bonds. The Balaban J connectivity index is 1.38. The number of amides is 1. The predicted molar refractivity (Wildman–Crippen MR) is 115 cm³/mol. The van der Waals surface area contributed by atoms with E-state index in [0.29, 0.717) is 18.7 Å². The molecule has 0 saturated heterocycles. The Morgan fingerprint density at radius 3 is 2.70 bits per heavy atom. The maximum absolute atomic E-state index is 12.9. The maximum Gasteiger partial charge on any atom is 0.326 e. The molecule has 2 N–H and O–H groups in total. The molecule has 0 fully saturated rings. The molecule has 0 bridgehead atoms. The summed E-state index contributed by atoms with van der Waals surface area (Å²) in [4.78, 5) is 38.8. The Labute approximate surface area is 176 Å². The van der Waals surface area contributed by atoms with Crippen LogP contribution in [0.25, 0.3) is 11.0 Å². The summed E-state index contributed by atoms with van der Waals surface area (Å²) in [5, 5.41) is 2.12. The van der Waals surface area contributed by atoms with Gasteiger partial charge in [0.25, 0.3) is 0 Å². The summed E-state index contributed by atoms with van der Waals surface area (Å²) in [5.41, 5.74) is 1.87. The van der Waals surface area contributed by atoms with E-state index in [0.717, 1.165) is 22.8 Å². The highest BCUT2D eigenvalue weighted by atomic mass is 32.2. The van der Waals surface area contributed by atoms with E-state index >= 15 is 0 Å². The van der Waals surface area contributed by atoms with Crippen molar-refractivity contribution in [2.75, 3.05) is 17.7 Å². The lowest BCUT2D eigenvalue weighted by molar-refractivity contribution is -0.142. The Morgan fingerprint density at radius 2 is 1.93 bits per heavy atom. The predicted octanol–water partition coefficient (Wildman–Crippen LogP) is 3.16. The van der Waals surface area contributed by atoms with Crippen LogP contribution < -0.4 is 11.0 Å². The molecule has 9 heteroatoms. The van der Waals surface area contributed by atoms with E-state index in [9.17, 15) is 18.8 Å². The molecular formula is C21H22FN3O4S. The molecule has 7 nitrogen and oxygen atoms in total. The van der Waals surface area contributed by atoms with Gasteiger partial charge in [0.15, 0.2) is 0 Å². The Bertz CT molecular complexity index is 1080. The van der Waals surface area contributed by atoms with Crippen molar-refractivity contribution in [1.29, 1.82) is 0 Å². The number of H-pyrrole nitrogens is 1. The van der Waals surface area contributed by atoms with Gasteiger partial charge in [-0.3, -0.25) is 14.2 Å². The largest absolute Gasteiger partial charge is 0.465 e. The number of fused-ring (bicyclic) bond motifs is 1. The maximum atomic E-state index is 12.9. The third kappa shape index (κ3) is 5.73. The molecule has 0 saturated carbocycles. The second kappa shape index (κ2) is 10.1. The molecule has 0 aliphatic carbocycles. The highest BCUT2D eigenvalue weighted by molar-refractivity contribution is 8.01. The molecule has 1 unspecified atom stereocenters. The molecule has 0 aliphatic rings. The van der Waals surface area contributed by atoms with E-state index in [1.165, 1.54) is 24.3 Å². The van der Waals surface area contributed by atoms with Crippen molar-refractivity contribution in [3.8, 4) is 0 Å². The summed E-state index contributed by atoms with van der Waals surface area (Å²) < 4.78 is 19.7. The van der Waals surface area contributed by atoms with E-state index in [-0.39, 0.29) is 29.8 Å². The van der Waals surface area contributed by atoms with Crippen LogP contribution in [0.4, 0.5) is 10.1 Å². The van der Waals surface area contributed by atoms with E-state index in [1.54, 1.807) is 11.5 Å². The first-order valence-electron chi connectivity index (χ1n) is 9.45. The molecule has 0 radical (unpaired) electrons. The molecule has 2 aromatic carbocycles. The summed E-state index contributed by atoms with van der Waals surface area (Å²) in [6, 6.07) is 12.8. The molecule has 0 aliphatic heterocycles. The van der Waals surface area contributed by atoms with Crippen molar-refractivity contribution in [3.05, 3.63) is 64.8 Å². The first-order chi connectivity index (χ1) is 14.4. The van der Waals surface area contributed by atoms with Crippen molar-refractivity contribution in [2.45, 2.75) is 25.1 Å². The quantitative estimate of drug-likeness (QED) is 0.401. The van der Waals surface area contributed by atoms with E-state index in [2.05, 4.69) is 10.3 Å². The monoisotopic (exact) mass is 431 g/mol. The second-order valence-corrected chi connectivity index (χ2v) is 7.96. The number of benzene rings is 2. The minimum Gasteiger partial charge on any atom is -0.465 e. The van der Waals surface area contributed by atoms with Crippen LogP contribution in [-0.4, -0.2) is 39.0 Å². The average Bonchev–Trinajstić information content (AvgIpc) is 3.06. The van der Waals surface area contributed by atoms with Crippen molar-refractivity contribution >= 4 is 40.4 Å². The number of hydrogen-bond acceptors (Lipinski definition) is 5. The number of nitrogens with one attached hydrogen (secondary N) is 2. The molecule has 158 valence electrons. The van der Waals surface area contributed by atoms with Gasteiger partial charge in [0, 0.05) is 12.2 Å². The average molecular weight is 431 g/mol. The highest BCUT2D eigenvalue weighted by Gasteiger charge is 2.17. The van der Waals surface area contributed by atoms with Crippen LogP contribution in [0.3, 0.4) is 0 Å². The van der Waals surface area contributed by atoms with Gasteiger partial charge in [-0.15, -0.1) is 11.8 Å². The second-order valence-electron chi connectivity index (χ2n) is 6.63. The number of nitrogens with zero attached hydrogens (tertiary/aromatic N) is 1. The van der Waals surface area contributed by atoms with Crippen LogP contribution in [0.1, 0.15) is 13.3 Å². The zero-order valence-corrected chi connectivity index (χ0v) is 17.2. The minimum absolute atomic E-state index is 0.0678. The van der Waals surface area contributed by atoms with Gasteiger partial charge in [-0.2, -0.15) is 0 Å². The number of thioether (sulfide) groups is 1. The third-order valence-electron chi connectivity index (χ3n) is 4.38. The van der Waals surface area contributed by atoms with Crippen molar-refractivity contribution in [1.82, 2.24) is 9.55 Å². The Hall–Kier alpha value is -3.07. The number of rotatable bonds is 9. The molecular weight excluding hydrogens is 409 g/mol. The summed E-state index contributed by atoms with van der Waals surface area (Å²) in [6.45, 7) is 2.28. The van der Waals surface area contributed by atoms with Gasteiger partial charge in [-0.25, -0.2) is 9.18 Å². The standard InChI is InChI=1S/C21H22FN3O4S/c1-14(30-13-19(26)23-16-9-7-15(22)8-10-16)20(27)29-12-4-11-25-18-6-3-2-5-17(18)24-21(25)28/h2-3,5-10,14H,4,11-13H2,1H3,(H,23,26)(H,24,28). The van der Waals surface area contributed by atoms with Crippen molar-refractivity contribution in [2.24, 2.45) is 0 Å². The molecule has 1 heterocycles. The van der Waals surface area contributed by atoms with Gasteiger partial charge >= 0.3 is 11.7 Å². The van der Waals surface area contributed by atoms with Crippen molar-refractivity contribution in [3.63, 3.8) is 0 Å². The van der Waals surface area contributed by atoms with Gasteiger partial charge in [-0.05, 0) is 49.7 Å². The van der Waals surface area contributed by atoms with Gasteiger partial charge in [-0.1, -0.05) is 12.1 Å². The van der Waals surface area contributed by atoms with Gasteiger partial charge < -0.3 is 15.0 Å². The molecule has 0 spiro atoms. The summed E-state index contributed by atoms with van der Waals surface area (Å²) in [5.74, 6) is -1.02. The number of aryl methyl sites for hydroxylation is 1. The lowest BCUT2D eigenvalue weighted by atomic mass is 10.3. The first kappa shape index (κ1) is 21.6. The van der Waals surface area contributed by atoms with Crippen LogP contribution in [0, 0.1) is 5.82 Å². The number of halogens is 1. The number of aromatic amines is 1. The zero-order valence-electron chi connectivity index (χ0n) is 16.4. The van der Waals surface area contributed by atoms with Crippen LogP contribution in [-0.2, 0) is 20.9 Å². The number of carbonyl (C=O) groups is 2. The highest BCUT2D eigenvalue weighted by Crippen LogP contribution is 2.14. The number of para-hydroxylation sites is 2. The molecule has 30 heavy (non-hydrogen) atoms. The number of carbonyl (C=O) groups excluding carboxylic acids is 2. The number of hydrogen-bond donors (Lipinski definition) is 2. The fraction of sp³-hybridized carbons (Fsp3) is 0.286. The number of imidazole rings is 1. The summed E-state index contributed by atoms with van der Waals surface area (Å²) >= 11 is 1.15. The molecule has 3 aromatic rings. The lowest BCUT2D eigenvalue weighted by Gasteiger charge is -2.11. The number of aromatic nitrogens is 2. The van der Waals surface area contributed by atoms with Crippen LogP contribution in [0.2, 0.25) is 0 Å². The van der Waals surface area contributed by atoms with E-state index < -0.39 is 11.2 Å². The van der Waals surface area contributed by atoms with E-state index in [1.807, 2.05) is 24.3 Å². The minimum atomic E-state index is -0.514. The third-order valence-corrected chi connectivity index (χ3v) is 5.50. The SMILES string of the molecule is CC(SCC(=O)Nc1ccc(F)cc1)C(=O)OCCCn1c(=O)[nH]c2ccccc21. The fourth-order valence-corrected chi connectivity index (χ4v) is 3.52. The summed E-state index contributed by atoms with van der Waals surface area (Å²) in [7, 11) is 0. The molecule has 1 atom stereocenters. The fourth-order valence-electron chi connectivity index (χ4n) is 2.84. The van der Waals surface area contributed by atoms with Gasteiger partial charge in [0.2, 0.25) is 5.91 Å². The smallest absolute Gasteiger partial charge is 0.326 e. The van der Waals surface area contributed by atoms with Gasteiger partial charge in [0.05, 0.1) is 23.4 Å². The molecule has 1 aromatic heterocycles. The van der Waals surface area contributed by atoms with Crippen LogP contribution in [0.5, 0.6) is 0 Å². The van der Waals surface area contributed by atoms with Crippen LogP contribution >= 0.6 is 11.8 Å². The first-order valence-corrected chi connectivity index (χ1v) is 10.5. The normalized spacial score (nSPS) is 11.9. The Kier molecular flexibility index (Phi) is 7.29. The topological polar surface area (TPSA) is 93.2 Å². The van der Waals surface area contributed by atoms with Crippen LogP contribution in [0.15, 0.2) is 53.3 Å². The lowest BCUT2D eigenvalue weighted by Crippen LogP contribution is -2.22. The number of esters is 1. The zero-order chi connectivity index (χ0) is 21.5. The van der Waals surface area contributed by atoms with Crippen molar-refractivity contribution < 1.29 is 18.7 Å². The molecule has 3 rings (SSSR count). The van der Waals surface area contributed by atoms with E-state index in [4.69, 9.17) is 4.74 Å². The number of ether oxygens (including phenoxy) is 1. The number of anilines is 1.